The summed E-state index contributed by atoms with van der Waals surface area (Å²) in [4.78, 5) is 11.6. The number of halogens is 2. The number of nitrogens with two attached hydrogens (primary N) is 1. The first-order chi connectivity index (χ1) is 9.99. The zero-order chi connectivity index (χ0) is 15.4. The molecule has 4 nitrogen and oxygen atoms in total. The van der Waals surface area contributed by atoms with E-state index in [2.05, 4.69) is 4.74 Å². The second-order valence-corrected chi connectivity index (χ2v) is 5.38. The van der Waals surface area contributed by atoms with Crippen LogP contribution in [0.5, 0.6) is 5.75 Å². The Bertz CT molecular complexity index is 502. The second-order valence-electron chi connectivity index (χ2n) is 5.38. The SMILES string of the molecule is Nc1ccc(OC(F)F)cc1C(C(=O)O)C1CCCCC1. The number of carboxylic acid groups (broad SMARTS) is 1. The van der Waals surface area contributed by atoms with Crippen molar-refractivity contribution < 1.29 is 23.4 Å². The zero-order valence-electron chi connectivity index (χ0n) is 11.6. The molecule has 2 rings (SSSR count). The van der Waals surface area contributed by atoms with Gasteiger partial charge in [-0.3, -0.25) is 4.79 Å². The molecule has 1 aromatic rings. The molecule has 0 spiro atoms. The van der Waals surface area contributed by atoms with Crippen LogP contribution < -0.4 is 10.5 Å². The van der Waals surface area contributed by atoms with Crippen molar-refractivity contribution in [1.82, 2.24) is 0 Å². The summed E-state index contributed by atoms with van der Waals surface area (Å²) in [7, 11) is 0. The maximum Gasteiger partial charge on any atom is 0.387 e. The molecule has 1 aliphatic rings. The van der Waals surface area contributed by atoms with Gasteiger partial charge in [-0.1, -0.05) is 19.3 Å². The van der Waals surface area contributed by atoms with Crippen molar-refractivity contribution in [3.05, 3.63) is 23.8 Å². The number of nitrogen functional groups attached to an aromatic ring is 1. The summed E-state index contributed by atoms with van der Waals surface area (Å²) in [6.07, 6.45) is 4.71. The maximum atomic E-state index is 12.3. The topological polar surface area (TPSA) is 72.5 Å². The average molecular weight is 299 g/mol. The Labute approximate surface area is 121 Å². The first kappa shape index (κ1) is 15.5. The highest BCUT2D eigenvalue weighted by molar-refractivity contribution is 5.79. The molecule has 21 heavy (non-hydrogen) atoms. The van der Waals surface area contributed by atoms with Gasteiger partial charge in [0.05, 0.1) is 5.92 Å². The summed E-state index contributed by atoms with van der Waals surface area (Å²) in [5.74, 6) is -1.81. The lowest BCUT2D eigenvalue weighted by molar-refractivity contribution is -0.140. The Morgan fingerprint density at radius 1 is 1.29 bits per heavy atom. The first-order valence-electron chi connectivity index (χ1n) is 7.06. The summed E-state index contributed by atoms with van der Waals surface area (Å²) in [6.45, 7) is -2.94. The third kappa shape index (κ3) is 3.83. The largest absolute Gasteiger partial charge is 0.481 e. The summed E-state index contributed by atoms with van der Waals surface area (Å²) in [5.41, 5.74) is 6.53. The zero-order valence-corrected chi connectivity index (χ0v) is 11.6. The van der Waals surface area contributed by atoms with Gasteiger partial charge in [-0.15, -0.1) is 0 Å². The second kappa shape index (κ2) is 6.74. The summed E-state index contributed by atoms with van der Waals surface area (Å²) >= 11 is 0. The quantitative estimate of drug-likeness (QED) is 0.814. The van der Waals surface area contributed by atoms with Crippen molar-refractivity contribution in [3.8, 4) is 5.75 Å². The standard InChI is InChI=1S/C15H19F2NO3/c16-15(17)21-10-6-7-12(18)11(8-10)13(14(19)20)9-4-2-1-3-5-9/h6-9,13,15H,1-5,18H2,(H,19,20). The Hall–Kier alpha value is -1.85. The highest BCUT2D eigenvalue weighted by atomic mass is 19.3. The van der Waals surface area contributed by atoms with Gasteiger partial charge in [0.2, 0.25) is 0 Å². The number of hydrogen-bond acceptors (Lipinski definition) is 3. The number of alkyl halides is 2. The fraction of sp³-hybridized carbons (Fsp3) is 0.533. The molecular formula is C15H19F2NO3. The van der Waals surface area contributed by atoms with E-state index >= 15 is 0 Å². The van der Waals surface area contributed by atoms with E-state index in [1.165, 1.54) is 18.2 Å². The highest BCUT2D eigenvalue weighted by Gasteiger charge is 2.32. The molecule has 6 heteroatoms. The normalized spacial score (nSPS) is 17.7. The molecule has 1 unspecified atom stereocenters. The highest BCUT2D eigenvalue weighted by Crippen LogP contribution is 2.39. The molecule has 1 saturated carbocycles. The smallest absolute Gasteiger partial charge is 0.387 e. The molecule has 0 saturated heterocycles. The molecule has 0 aromatic heterocycles. The maximum absolute atomic E-state index is 12.3. The van der Waals surface area contributed by atoms with Gasteiger partial charge in [0.25, 0.3) is 0 Å². The number of carboxylic acids is 1. The van der Waals surface area contributed by atoms with E-state index in [0.29, 0.717) is 11.3 Å². The molecule has 0 heterocycles. The number of hydrogen-bond donors (Lipinski definition) is 2. The van der Waals surface area contributed by atoms with Gasteiger partial charge in [0.1, 0.15) is 5.75 Å². The summed E-state index contributed by atoms with van der Waals surface area (Å²) < 4.78 is 28.9. The van der Waals surface area contributed by atoms with E-state index < -0.39 is 18.5 Å². The lowest BCUT2D eigenvalue weighted by Crippen LogP contribution is -2.24. The van der Waals surface area contributed by atoms with Crippen LogP contribution in [0.1, 0.15) is 43.6 Å². The number of anilines is 1. The minimum Gasteiger partial charge on any atom is -0.481 e. The fourth-order valence-corrected chi connectivity index (χ4v) is 3.05. The van der Waals surface area contributed by atoms with Crippen molar-refractivity contribution in [1.29, 1.82) is 0 Å². The van der Waals surface area contributed by atoms with Crippen LogP contribution in [0.4, 0.5) is 14.5 Å². The minimum atomic E-state index is -2.94. The summed E-state index contributed by atoms with van der Waals surface area (Å²) in [6, 6.07) is 4.07. The van der Waals surface area contributed by atoms with E-state index in [0.717, 1.165) is 32.1 Å². The van der Waals surface area contributed by atoms with Gasteiger partial charge in [-0.2, -0.15) is 8.78 Å². The molecule has 0 bridgehead atoms. The number of ether oxygens (including phenoxy) is 1. The van der Waals surface area contributed by atoms with Crippen molar-refractivity contribution in [2.75, 3.05) is 5.73 Å². The number of benzene rings is 1. The van der Waals surface area contributed by atoms with E-state index in [9.17, 15) is 18.7 Å². The van der Waals surface area contributed by atoms with Crippen LogP contribution in [0.2, 0.25) is 0 Å². The van der Waals surface area contributed by atoms with Gasteiger partial charge < -0.3 is 15.6 Å². The van der Waals surface area contributed by atoms with Crippen LogP contribution in [0, 0.1) is 5.92 Å². The lowest BCUT2D eigenvalue weighted by Gasteiger charge is -2.28. The van der Waals surface area contributed by atoms with Crippen LogP contribution >= 0.6 is 0 Å². The van der Waals surface area contributed by atoms with Crippen LogP contribution in [0.15, 0.2) is 18.2 Å². The average Bonchev–Trinajstić information content (AvgIpc) is 2.43. The van der Waals surface area contributed by atoms with Crippen LogP contribution in [0.3, 0.4) is 0 Å². The van der Waals surface area contributed by atoms with Crippen molar-refractivity contribution >= 4 is 11.7 Å². The van der Waals surface area contributed by atoms with Gasteiger partial charge in [-0.25, -0.2) is 0 Å². The van der Waals surface area contributed by atoms with E-state index in [-0.39, 0.29) is 11.7 Å². The molecule has 0 amide bonds. The number of rotatable bonds is 5. The molecule has 0 aliphatic heterocycles. The molecule has 116 valence electrons. The van der Waals surface area contributed by atoms with E-state index in [1.807, 2.05) is 0 Å². The van der Waals surface area contributed by atoms with Crippen LogP contribution in [0.25, 0.3) is 0 Å². The molecule has 1 aliphatic carbocycles. The molecule has 1 fully saturated rings. The van der Waals surface area contributed by atoms with Crippen LogP contribution in [-0.2, 0) is 4.79 Å². The fourth-order valence-electron chi connectivity index (χ4n) is 3.05. The Kier molecular flexibility index (Phi) is 4.98. The molecule has 3 N–H and O–H groups in total. The number of carbonyl (C=O) groups is 1. The lowest BCUT2D eigenvalue weighted by atomic mass is 9.76. The Morgan fingerprint density at radius 3 is 2.52 bits per heavy atom. The predicted octanol–water partition coefficient (Wildman–Crippen LogP) is 3.62. The number of aliphatic carboxylic acids is 1. The predicted molar refractivity (Wildman–Crippen MR) is 74.4 cm³/mol. The van der Waals surface area contributed by atoms with Crippen molar-refractivity contribution in [2.24, 2.45) is 5.92 Å². The summed E-state index contributed by atoms with van der Waals surface area (Å²) in [5, 5.41) is 9.53. The van der Waals surface area contributed by atoms with Crippen molar-refractivity contribution in [3.63, 3.8) is 0 Å². The molecule has 0 radical (unpaired) electrons. The molecule has 1 aromatic carbocycles. The molecular weight excluding hydrogens is 280 g/mol. The third-order valence-electron chi connectivity index (χ3n) is 4.01. The first-order valence-corrected chi connectivity index (χ1v) is 7.06. The van der Waals surface area contributed by atoms with Gasteiger partial charge in [0, 0.05) is 5.69 Å². The Balaban J connectivity index is 2.32. The Morgan fingerprint density at radius 2 is 1.95 bits per heavy atom. The van der Waals surface area contributed by atoms with E-state index in [4.69, 9.17) is 5.73 Å². The monoisotopic (exact) mass is 299 g/mol. The van der Waals surface area contributed by atoms with Crippen molar-refractivity contribution in [2.45, 2.75) is 44.6 Å². The minimum absolute atomic E-state index is 0.0136. The van der Waals surface area contributed by atoms with Gasteiger partial charge >= 0.3 is 12.6 Å². The van der Waals surface area contributed by atoms with E-state index in [1.54, 1.807) is 0 Å². The van der Waals surface area contributed by atoms with Gasteiger partial charge in [-0.05, 0) is 42.5 Å². The molecule has 1 atom stereocenters. The third-order valence-corrected chi connectivity index (χ3v) is 4.01. The van der Waals surface area contributed by atoms with Gasteiger partial charge in [0.15, 0.2) is 0 Å². The van der Waals surface area contributed by atoms with Crippen LogP contribution in [-0.4, -0.2) is 17.7 Å².